The Bertz CT molecular complexity index is 741. The minimum Gasteiger partial charge on any atom is -0.364 e. The molecule has 0 aromatic heterocycles. The zero-order valence-electron chi connectivity index (χ0n) is 11.1. The normalized spacial score (nSPS) is 18.8. The molecule has 2 amide bonds. The number of primary amides is 1. The van der Waals surface area contributed by atoms with Crippen molar-refractivity contribution in [3.8, 4) is 0 Å². The average Bonchev–Trinajstić information content (AvgIpc) is 2.75. The zero-order valence-corrected chi connectivity index (χ0v) is 11.9. The zero-order chi connectivity index (χ0) is 15.8. The van der Waals surface area contributed by atoms with Gasteiger partial charge in [0.2, 0.25) is 0 Å². The molecule has 1 heterocycles. The Morgan fingerprint density at radius 1 is 1.48 bits per heavy atom. The molecule has 2 rings (SSSR count). The van der Waals surface area contributed by atoms with E-state index in [4.69, 9.17) is 10.3 Å². The van der Waals surface area contributed by atoms with Gasteiger partial charge in [0, 0.05) is 0 Å². The summed E-state index contributed by atoms with van der Waals surface area (Å²) >= 11 is 0. The number of benzene rings is 1. The van der Waals surface area contributed by atoms with Crippen molar-refractivity contribution in [3.63, 3.8) is 0 Å². The number of carbonyl (C=O) groups excluding carboxylic acids is 2. The molecule has 0 saturated carbocycles. The van der Waals surface area contributed by atoms with E-state index in [-0.39, 0.29) is 16.3 Å². The van der Waals surface area contributed by atoms with Gasteiger partial charge in [-0.3, -0.25) is 14.1 Å². The fourth-order valence-electron chi connectivity index (χ4n) is 2.04. The summed E-state index contributed by atoms with van der Waals surface area (Å²) in [5, 5.41) is 4.78. The molecule has 0 fully saturated rings. The van der Waals surface area contributed by atoms with Gasteiger partial charge in [-0.2, -0.15) is 18.5 Å². The number of anilines is 1. The largest absolute Gasteiger partial charge is 0.364 e. The highest BCUT2D eigenvalue weighted by atomic mass is 32.2. The molecule has 0 saturated heterocycles. The van der Waals surface area contributed by atoms with Gasteiger partial charge in [-0.15, -0.1) is 0 Å². The molecular weight excluding hydrogens is 298 g/mol. The van der Waals surface area contributed by atoms with Crippen molar-refractivity contribution in [2.45, 2.75) is 18.2 Å². The third-order valence-electron chi connectivity index (χ3n) is 3.07. The maximum absolute atomic E-state index is 12.2. The molecular formula is C12H13N3O5S. The van der Waals surface area contributed by atoms with Crippen LogP contribution >= 0.6 is 0 Å². The van der Waals surface area contributed by atoms with Crippen LogP contribution in [0.4, 0.5) is 5.69 Å². The summed E-state index contributed by atoms with van der Waals surface area (Å²) < 4.78 is 31.3. The van der Waals surface area contributed by atoms with Gasteiger partial charge in [0.15, 0.2) is 0 Å². The van der Waals surface area contributed by atoms with Crippen LogP contribution in [-0.2, 0) is 19.7 Å². The average molecular weight is 311 g/mol. The number of nitrogens with two attached hydrogens (primary N) is 1. The van der Waals surface area contributed by atoms with Crippen LogP contribution in [0.3, 0.4) is 0 Å². The van der Waals surface area contributed by atoms with Crippen molar-refractivity contribution < 1.29 is 22.6 Å². The predicted octanol–water partition coefficient (Wildman–Crippen LogP) is 0.147. The van der Waals surface area contributed by atoms with Gasteiger partial charge >= 0.3 is 0 Å². The van der Waals surface area contributed by atoms with E-state index in [1.54, 1.807) is 6.92 Å². The number of hydrazone groups is 1. The van der Waals surface area contributed by atoms with Gasteiger partial charge in [-0.1, -0.05) is 13.0 Å². The van der Waals surface area contributed by atoms with Crippen LogP contribution in [0.5, 0.6) is 0 Å². The second kappa shape index (κ2) is 5.26. The van der Waals surface area contributed by atoms with E-state index in [0.717, 1.165) is 11.1 Å². The van der Waals surface area contributed by atoms with E-state index in [2.05, 4.69) is 5.10 Å². The van der Waals surface area contributed by atoms with Gasteiger partial charge < -0.3 is 5.73 Å². The van der Waals surface area contributed by atoms with Crippen molar-refractivity contribution in [3.05, 3.63) is 24.3 Å². The molecule has 1 aliphatic rings. The highest BCUT2D eigenvalue weighted by Gasteiger charge is 2.38. The Kier molecular flexibility index (Phi) is 3.79. The highest BCUT2D eigenvalue weighted by Crippen LogP contribution is 2.27. The SMILES string of the molecule is CCC1C(=O)N(c2cccc(S(=O)(=O)O)c2)N=C1C(N)=O. The van der Waals surface area contributed by atoms with Crippen molar-refractivity contribution in [1.29, 1.82) is 0 Å². The lowest BCUT2D eigenvalue weighted by molar-refractivity contribution is -0.120. The number of amides is 2. The van der Waals surface area contributed by atoms with E-state index >= 15 is 0 Å². The van der Waals surface area contributed by atoms with Gasteiger partial charge in [0.05, 0.1) is 16.5 Å². The quantitative estimate of drug-likeness (QED) is 0.764. The number of hydrogen-bond donors (Lipinski definition) is 2. The first-order valence-corrected chi connectivity index (χ1v) is 7.49. The summed E-state index contributed by atoms with van der Waals surface area (Å²) in [6, 6.07) is 5.06. The summed E-state index contributed by atoms with van der Waals surface area (Å²) in [6.07, 6.45) is 0.342. The third-order valence-corrected chi connectivity index (χ3v) is 3.92. The van der Waals surface area contributed by atoms with Crippen LogP contribution in [0.2, 0.25) is 0 Å². The van der Waals surface area contributed by atoms with E-state index in [1.165, 1.54) is 18.2 Å². The number of carbonyl (C=O) groups is 2. The van der Waals surface area contributed by atoms with Crippen molar-refractivity contribution >= 4 is 33.3 Å². The van der Waals surface area contributed by atoms with Crippen LogP contribution in [0.15, 0.2) is 34.3 Å². The van der Waals surface area contributed by atoms with Gasteiger partial charge in [0.25, 0.3) is 21.9 Å². The van der Waals surface area contributed by atoms with Crippen LogP contribution in [0.1, 0.15) is 13.3 Å². The van der Waals surface area contributed by atoms with Crippen LogP contribution in [0, 0.1) is 5.92 Å². The maximum Gasteiger partial charge on any atom is 0.294 e. The molecule has 1 aromatic carbocycles. The van der Waals surface area contributed by atoms with Crippen molar-refractivity contribution in [2.24, 2.45) is 16.8 Å². The molecule has 1 aromatic rings. The molecule has 112 valence electrons. The van der Waals surface area contributed by atoms with Crippen LogP contribution in [-0.4, -0.2) is 30.5 Å². The fraction of sp³-hybridized carbons (Fsp3) is 0.250. The highest BCUT2D eigenvalue weighted by molar-refractivity contribution is 7.85. The number of rotatable bonds is 4. The second-order valence-corrected chi connectivity index (χ2v) is 5.85. The summed E-state index contributed by atoms with van der Waals surface area (Å²) in [5.74, 6) is -2.03. The molecule has 1 aliphatic heterocycles. The van der Waals surface area contributed by atoms with E-state index in [0.29, 0.717) is 6.42 Å². The van der Waals surface area contributed by atoms with Gasteiger partial charge in [-0.25, -0.2) is 0 Å². The lowest BCUT2D eigenvalue weighted by Gasteiger charge is -2.13. The molecule has 1 unspecified atom stereocenters. The Balaban J connectivity index is 2.48. The Labute approximate surface area is 121 Å². The minimum atomic E-state index is -4.40. The topological polar surface area (TPSA) is 130 Å². The maximum atomic E-state index is 12.2. The molecule has 21 heavy (non-hydrogen) atoms. The molecule has 1 atom stereocenters. The van der Waals surface area contributed by atoms with Crippen molar-refractivity contribution in [2.75, 3.05) is 5.01 Å². The molecule has 0 bridgehead atoms. The van der Waals surface area contributed by atoms with E-state index in [1.807, 2.05) is 0 Å². The van der Waals surface area contributed by atoms with Crippen molar-refractivity contribution in [1.82, 2.24) is 0 Å². The van der Waals surface area contributed by atoms with Crippen LogP contribution < -0.4 is 10.7 Å². The van der Waals surface area contributed by atoms with Gasteiger partial charge in [-0.05, 0) is 24.6 Å². The molecule has 0 radical (unpaired) electrons. The predicted molar refractivity (Wildman–Crippen MR) is 74.2 cm³/mol. The monoisotopic (exact) mass is 311 g/mol. The summed E-state index contributed by atoms with van der Waals surface area (Å²) in [5.41, 5.74) is 5.24. The van der Waals surface area contributed by atoms with Gasteiger partial charge in [0.1, 0.15) is 5.71 Å². The van der Waals surface area contributed by atoms with E-state index < -0.39 is 27.9 Å². The lowest BCUT2D eigenvalue weighted by Crippen LogP contribution is -2.32. The second-order valence-electron chi connectivity index (χ2n) is 4.43. The first-order chi connectivity index (χ1) is 9.75. The summed E-state index contributed by atoms with van der Waals surface area (Å²) in [4.78, 5) is 23.1. The molecule has 0 spiro atoms. The molecule has 3 N–H and O–H groups in total. The first kappa shape index (κ1) is 15.1. The Morgan fingerprint density at radius 3 is 2.62 bits per heavy atom. The summed E-state index contributed by atoms with van der Waals surface area (Å²) in [6.45, 7) is 1.71. The smallest absolute Gasteiger partial charge is 0.294 e. The summed E-state index contributed by atoms with van der Waals surface area (Å²) in [7, 11) is -4.40. The fourth-order valence-corrected chi connectivity index (χ4v) is 2.56. The third kappa shape index (κ3) is 2.78. The van der Waals surface area contributed by atoms with Crippen LogP contribution in [0.25, 0.3) is 0 Å². The molecule has 0 aliphatic carbocycles. The molecule has 8 nitrogen and oxygen atoms in total. The first-order valence-electron chi connectivity index (χ1n) is 6.05. The standard InChI is InChI=1S/C12H13N3O5S/c1-2-9-10(11(13)16)14-15(12(9)17)7-4-3-5-8(6-7)21(18,19)20/h3-6,9H,2H2,1H3,(H2,13,16)(H,18,19,20). The minimum absolute atomic E-state index is 0.0697. The Morgan fingerprint density at radius 2 is 2.14 bits per heavy atom. The molecule has 9 heteroatoms. The number of nitrogens with zero attached hydrogens (tertiary/aromatic N) is 2. The number of hydrogen-bond acceptors (Lipinski definition) is 5. The lowest BCUT2D eigenvalue weighted by atomic mass is 10.00. The Hall–Kier alpha value is -2.26. The van der Waals surface area contributed by atoms with E-state index in [9.17, 15) is 18.0 Å².